The number of benzene rings is 2. The molecular formula is C26H29N3O4S. The molecule has 1 aromatic heterocycles. The molecule has 2 heterocycles. The fraction of sp³-hybridized carbons (Fsp3) is 0.346. The highest BCUT2D eigenvalue weighted by molar-refractivity contribution is 7.98. The van der Waals surface area contributed by atoms with Gasteiger partial charge in [0.25, 0.3) is 5.56 Å². The molecule has 7 nitrogen and oxygen atoms in total. The molecule has 3 aromatic rings. The number of nitrogens with zero attached hydrogens (tertiary/aromatic N) is 1. The average molecular weight is 480 g/mol. The van der Waals surface area contributed by atoms with Gasteiger partial charge in [-0.1, -0.05) is 61.5 Å². The number of hydrogen-bond acceptors (Lipinski definition) is 6. The van der Waals surface area contributed by atoms with Gasteiger partial charge in [0.15, 0.2) is 16.7 Å². The van der Waals surface area contributed by atoms with Crippen LogP contribution in [-0.2, 0) is 10.5 Å². The van der Waals surface area contributed by atoms with E-state index in [0.29, 0.717) is 46.3 Å². The summed E-state index contributed by atoms with van der Waals surface area (Å²) in [6.07, 6.45) is 0.156. The van der Waals surface area contributed by atoms with Crippen LogP contribution in [0.2, 0.25) is 0 Å². The van der Waals surface area contributed by atoms with Crippen LogP contribution in [0.1, 0.15) is 48.4 Å². The molecule has 4 rings (SSSR count). The normalized spacial score (nSPS) is 15.1. The van der Waals surface area contributed by atoms with Crippen LogP contribution in [0.4, 0.5) is 5.82 Å². The van der Waals surface area contributed by atoms with Gasteiger partial charge in [-0.25, -0.2) is 4.98 Å². The third-order valence-corrected chi connectivity index (χ3v) is 6.53. The number of aryl methyl sites for hydroxylation is 1. The molecule has 1 atom stereocenters. The van der Waals surface area contributed by atoms with Gasteiger partial charge >= 0.3 is 0 Å². The molecule has 34 heavy (non-hydrogen) atoms. The second kappa shape index (κ2) is 10.3. The Morgan fingerprint density at radius 1 is 1.12 bits per heavy atom. The van der Waals surface area contributed by atoms with E-state index in [0.717, 1.165) is 11.1 Å². The minimum absolute atomic E-state index is 0.156. The Hall–Kier alpha value is -3.26. The summed E-state index contributed by atoms with van der Waals surface area (Å²) in [4.78, 5) is 33.1. The van der Waals surface area contributed by atoms with E-state index in [4.69, 9.17) is 9.47 Å². The molecule has 0 bridgehead atoms. The maximum Gasteiger partial charge on any atom is 0.257 e. The van der Waals surface area contributed by atoms with Crippen molar-refractivity contribution in [2.75, 3.05) is 19.0 Å². The lowest BCUT2D eigenvalue weighted by Crippen LogP contribution is -2.31. The summed E-state index contributed by atoms with van der Waals surface area (Å²) in [7, 11) is 1.58. The first-order valence-electron chi connectivity index (χ1n) is 11.3. The molecule has 0 aliphatic carbocycles. The van der Waals surface area contributed by atoms with E-state index in [1.54, 1.807) is 7.11 Å². The van der Waals surface area contributed by atoms with E-state index < -0.39 is 5.92 Å². The number of carbonyl (C=O) groups is 1. The highest BCUT2D eigenvalue weighted by Crippen LogP contribution is 2.38. The summed E-state index contributed by atoms with van der Waals surface area (Å²) < 4.78 is 11.4. The molecule has 0 saturated carbocycles. The van der Waals surface area contributed by atoms with Crippen molar-refractivity contribution in [2.45, 2.75) is 44.0 Å². The zero-order chi connectivity index (χ0) is 24.2. The number of amides is 1. The monoisotopic (exact) mass is 479 g/mol. The van der Waals surface area contributed by atoms with Crippen LogP contribution in [0.25, 0.3) is 0 Å². The lowest BCUT2D eigenvalue weighted by atomic mass is 9.86. The third-order valence-electron chi connectivity index (χ3n) is 5.59. The summed E-state index contributed by atoms with van der Waals surface area (Å²) in [6.45, 7) is 6.76. The summed E-state index contributed by atoms with van der Waals surface area (Å²) in [6, 6.07) is 13.8. The number of nitrogens with one attached hydrogen (secondary N) is 2. The fourth-order valence-electron chi connectivity index (χ4n) is 3.82. The van der Waals surface area contributed by atoms with Crippen LogP contribution in [0.5, 0.6) is 11.5 Å². The fourth-order valence-corrected chi connectivity index (χ4v) is 4.63. The molecule has 2 N–H and O–H groups in total. The number of hydrogen-bond donors (Lipinski definition) is 2. The number of fused-ring (bicyclic) bond motifs is 1. The standard InChI is InChI=1S/C26H29N3O4S/c1-15(2)13-33-20-10-9-18(11-21(20)32-4)19-12-22(30)27-24-23(19)25(31)29-26(28-24)34-14-17-7-5-16(3)6-8-17/h5-11,15,19H,12-14H2,1-4H3,(H2,27,28,29,30,31)/t19-/m0/s1. The molecule has 0 saturated heterocycles. The molecule has 0 unspecified atom stereocenters. The van der Waals surface area contributed by atoms with Gasteiger partial charge in [-0.2, -0.15) is 0 Å². The maximum absolute atomic E-state index is 13.1. The predicted octanol–water partition coefficient (Wildman–Crippen LogP) is 4.89. The SMILES string of the molecule is COc1cc([C@@H]2CC(=O)Nc3nc(SCc4ccc(C)cc4)[nH]c(=O)c32)ccc1OCC(C)C. The van der Waals surface area contributed by atoms with Crippen molar-refractivity contribution in [2.24, 2.45) is 5.92 Å². The first kappa shape index (κ1) is 23.9. The first-order chi connectivity index (χ1) is 16.3. The minimum atomic E-state index is -0.427. The number of rotatable bonds is 8. The van der Waals surface area contributed by atoms with Crippen molar-refractivity contribution in [3.05, 3.63) is 75.1 Å². The molecule has 8 heteroatoms. The van der Waals surface area contributed by atoms with Crippen molar-refractivity contribution in [3.8, 4) is 11.5 Å². The summed E-state index contributed by atoms with van der Waals surface area (Å²) in [5.74, 6) is 1.95. The number of ether oxygens (including phenoxy) is 2. The Bertz CT molecular complexity index is 1240. The zero-order valence-corrected chi connectivity index (χ0v) is 20.6. The number of methoxy groups -OCH3 is 1. The van der Waals surface area contributed by atoms with Crippen LogP contribution >= 0.6 is 11.8 Å². The van der Waals surface area contributed by atoms with E-state index in [1.807, 2.05) is 25.1 Å². The quantitative estimate of drug-likeness (QED) is 0.353. The number of thioether (sulfide) groups is 1. The van der Waals surface area contributed by atoms with E-state index in [-0.39, 0.29) is 17.9 Å². The van der Waals surface area contributed by atoms with E-state index in [9.17, 15) is 9.59 Å². The molecule has 2 aromatic carbocycles. The Morgan fingerprint density at radius 2 is 1.88 bits per heavy atom. The Morgan fingerprint density at radius 3 is 2.59 bits per heavy atom. The van der Waals surface area contributed by atoms with Gasteiger partial charge in [-0.3, -0.25) is 9.59 Å². The molecule has 0 fully saturated rings. The average Bonchev–Trinajstić information content (AvgIpc) is 2.81. The third kappa shape index (κ3) is 5.44. The number of aromatic amines is 1. The number of carbonyl (C=O) groups excluding carboxylic acids is 1. The summed E-state index contributed by atoms with van der Waals surface area (Å²) in [5, 5.41) is 3.25. The Balaban J connectivity index is 1.61. The largest absolute Gasteiger partial charge is 0.493 e. The molecule has 0 radical (unpaired) electrons. The Labute approximate surface area is 203 Å². The van der Waals surface area contributed by atoms with Crippen molar-refractivity contribution < 1.29 is 14.3 Å². The predicted molar refractivity (Wildman–Crippen MR) is 134 cm³/mol. The van der Waals surface area contributed by atoms with Gasteiger partial charge in [0.2, 0.25) is 5.91 Å². The first-order valence-corrected chi connectivity index (χ1v) is 12.3. The van der Waals surface area contributed by atoms with Crippen LogP contribution in [-0.4, -0.2) is 29.6 Å². The number of H-pyrrole nitrogens is 1. The molecule has 0 spiro atoms. The van der Waals surface area contributed by atoms with Crippen molar-refractivity contribution in [1.29, 1.82) is 0 Å². The summed E-state index contributed by atoms with van der Waals surface area (Å²) in [5.41, 5.74) is 3.33. The van der Waals surface area contributed by atoms with Crippen LogP contribution in [0.3, 0.4) is 0 Å². The van der Waals surface area contributed by atoms with Crippen LogP contribution in [0.15, 0.2) is 52.4 Å². The number of aromatic nitrogens is 2. The molecule has 178 valence electrons. The maximum atomic E-state index is 13.1. The number of anilines is 1. The van der Waals surface area contributed by atoms with Crippen molar-refractivity contribution >= 4 is 23.5 Å². The minimum Gasteiger partial charge on any atom is -0.493 e. The topological polar surface area (TPSA) is 93.3 Å². The lowest BCUT2D eigenvalue weighted by Gasteiger charge is -2.25. The second-order valence-corrected chi connectivity index (χ2v) is 9.79. The van der Waals surface area contributed by atoms with Gasteiger partial charge in [0.1, 0.15) is 5.82 Å². The van der Waals surface area contributed by atoms with Crippen molar-refractivity contribution in [3.63, 3.8) is 0 Å². The highest BCUT2D eigenvalue weighted by atomic mass is 32.2. The molecular weight excluding hydrogens is 450 g/mol. The highest BCUT2D eigenvalue weighted by Gasteiger charge is 2.31. The van der Waals surface area contributed by atoms with Crippen LogP contribution < -0.4 is 20.3 Å². The molecule has 1 aliphatic rings. The van der Waals surface area contributed by atoms with E-state index >= 15 is 0 Å². The van der Waals surface area contributed by atoms with Gasteiger partial charge in [-0.15, -0.1) is 0 Å². The second-order valence-electron chi connectivity index (χ2n) is 8.83. The smallest absolute Gasteiger partial charge is 0.257 e. The molecule has 1 amide bonds. The van der Waals surface area contributed by atoms with Crippen molar-refractivity contribution in [1.82, 2.24) is 9.97 Å². The van der Waals surface area contributed by atoms with Gasteiger partial charge in [0, 0.05) is 18.1 Å². The molecule has 1 aliphatic heterocycles. The summed E-state index contributed by atoms with van der Waals surface area (Å²) >= 11 is 1.43. The Kier molecular flexibility index (Phi) is 7.26. The van der Waals surface area contributed by atoms with Crippen LogP contribution in [0, 0.1) is 12.8 Å². The van der Waals surface area contributed by atoms with E-state index in [1.165, 1.54) is 17.3 Å². The van der Waals surface area contributed by atoms with Gasteiger partial charge in [-0.05, 0) is 36.1 Å². The van der Waals surface area contributed by atoms with Gasteiger partial charge < -0.3 is 19.8 Å². The zero-order valence-electron chi connectivity index (χ0n) is 19.8. The van der Waals surface area contributed by atoms with Gasteiger partial charge in [0.05, 0.1) is 19.3 Å². The van der Waals surface area contributed by atoms with E-state index in [2.05, 4.69) is 53.4 Å². The lowest BCUT2D eigenvalue weighted by molar-refractivity contribution is -0.116.